The molecule has 1 aromatic carbocycles. The fourth-order valence-corrected chi connectivity index (χ4v) is 5.31. The summed E-state index contributed by atoms with van der Waals surface area (Å²) < 4.78 is 12.6. The Morgan fingerprint density at radius 1 is 1.13 bits per heavy atom. The van der Waals surface area contributed by atoms with Crippen molar-refractivity contribution in [3.63, 3.8) is 0 Å². The van der Waals surface area contributed by atoms with Crippen molar-refractivity contribution < 1.29 is 29.0 Å². The summed E-state index contributed by atoms with van der Waals surface area (Å²) in [6.07, 6.45) is 6.19. The lowest BCUT2D eigenvalue weighted by atomic mass is 10.0. The second-order valence-corrected chi connectivity index (χ2v) is 12.4. The van der Waals surface area contributed by atoms with Crippen LogP contribution in [0.25, 0.3) is 0 Å². The van der Waals surface area contributed by atoms with E-state index in [0.717, 1.165) is 32.2 Å². The highest BCUT2D eigenvalue weighted by molar-refractivity contribution is 5.99. The Balaban J connectivity index is 1.89. The van der Waals surface area contributed by atoms with Crippen molar-refractivity contribution in [1.29, 1.82) is 0 Å². The summed E-state index contributed by atoms with van der Waals surface area (Å²) in [5.41, 5.74) is 1.37. The number of fused-ring (bicyclic) bond motifs is 1. The summed E-state index contributed by atoms with van der Waals surface area (Å²) in [6.45, 7) is 7.44. The van der Waals surface area contributed by atoms with E-state index >= 15 is 0 Å². The van der Waals surface area contributed by atoms with E-state index in [-0.39, 0.29) is 49.0 Å². The van der Waals surface area contributed by atoms with Crippen molar-refractivity contribution in [1.82, 2.24) is 19.7 Å². The maximum absolute atomic E-state index is 14.3. The number of rotatable bonds is 10. The Hall–Kier alpha value is -3.54. The molecule has 3 rings (SSSR count). The predicted octanol–water partition coefficient (Wildman–Crippen LogP) is 3.93. The summed E-state index contributed by atoms with van der Waals surface area (Å²) in [7, 11) is 5.68. The summed E-state index contributed by atoms with van der Waals surface area (Å²) >= 11 is 0. The van der Waals surface area contributed by atoms with Crippen molar-refractivity contribution in [2.75, 3.05) is 59.3 Å². The Morgan fingerprint density at radius 2 is 1.87 bits per heavy atom. The number of carbonyl (C=O) groups excluding carboxylic acids is 3. The van der Waals surface area contributed by atoms with Crippen LogP contribution in [0.15, 0.2) is 42.7 Å². The van der Waals surface area contributed by atoms with Crippen LogP contribution in [0.1, 0.15) is 73.6 Å². The van der Waals surface area contributed by atoms with Gasteiger partial charge in [0.25, 0.3) is 11.8 Å². The molecule has 0 saturated carbocycles. The number of nitrogens with one attached hydrogen (secondary N) is 1. The van der Waals surface area contributed by atoms with Crippen molar-refractivity contribution in [2.24, 2.45) is 5.92 Å². The van der Waals surface area contributed by atoms with Crippen LogP contribution in [-0.4, -0.2) is 115 Å². The molecule has 0 unspecified atom stereocenters. The maximum atomic E-state index is 14.3. The minimum Gasteiger partial charge on any atom is -0.490 e. The van der Waals surface area contributed by atoms with Crippen LogP contribution in [0.2, 0.25) is 0 Å². The van der Waals surface area contributed by atoms with Gasteiger partial charge in [0.05, 0.1) is 30.4 Å². The number of nitrogens with zero attached hydrogens (tertiary/aromatic N) is 4. The molecule has 45 heavy (non-hydrogen) atoms. The molecule has 2 aromatic rings. The third kappa shape index (κ3) is 11.1. The Labute approximate surface area is 267 Å². The van der Waals surface area contributed by atoms with Gasteiger partial charge in [-0.25, -0.2) is 0 Å². The summed E-state index contributed by atoms with van der Waals surface area (Å²) in [4.78, 5) is 49.4. The van der Waals surface area contributed by atoms with Gasteiger partial charge in [-0.15, -0.1) is 0 Å². The predicted molar refractivity (Wildman–Crippen MR) is 174 cm³/mol. The van der Waals surface area contributed by atoms with Crippen LogP contribution in [0.4, 0.5) is 5.69 Å². The molecule has 3 amide bonds. The SMILES string of the molecule is C[C@@H]1CCCCO[C@H](CN(C)C(=O)c2ccncc2)[C@@H](C)CN([C@H](C)CO)C(=O)c2cc(NC(=O)CCCN(C)C)ccc2O1. The average Bonchev–Trinajstić information content (AvgIpc) is 3.02. The molecule has 0 fully saturated rings. The van der Waals surface area contributed by atoms with E-state index in [9.17, 15) is 19.5 Å². The van der Waals surface area contributed by atoms with Crippen molar-refractivity contribution >= 4 is 23.4 Å². The van der Waals surface area contributed by atoms with E-state index < -0.39 is 6.04 Å². The lowest BCUT2D eigenvalue weighted by Crippen LogP contribution is -2.48. The van der Waals surface area contributed by atoms with Gasteiger partial charge in [0.2, 0.25) is 5.91 Å². The number of carbonyl (C=O) groups is 3. The molecule has 0 saturated heterocycles. The molecule has 11 heteroatoms. The minimum atomic E-state index is -0.501. The van der Waals surface area contributed by atoms with Crippen molar-refractivity contribution in [3.05, 3.63) is 53.9 Å². The summed E-state index contributed by atoms with van der Waals surface area (Å²) in [6, 6.07) is 8.02. The molecular weight excluding hydrogens is 574 g/mol. The molecule has 0 bridgehead atoms. The number of anilines is 1. The van der Waals surface area contributed by atoms with E-state index in [4.69, 9.17) is 9.47 Å². The lowest BCUT2D eigenvalue weighted by Gasteiger charge is -2.36. The van der Waals surface area contributed by atoms with Crippen LogP contribution >= 0.6 is 0 Å². The van der Waals surface area contributed by atoms with Gasteiger partial charge in [-0.05, 0) is 90.5 Å². The standard InChI is InChI=1S/C34H51N5O6/c1-24-21-39(25(2)23-40)34(43)29-20-28(36-32(41)11-9-18-37(4)5)12-13-30(29)45-26(3)10-7-8-19-44-31(24)22-38(6)33(42)27-14-16-35-17-15-27/h12-17,20,24-26,31,40H,7-11,18-19,21-23H2,1-6H3,(H,36,41)/t24-,25+,26+,31+/m0/s1. The topological polar surface area (TPSA) is 125 Å². The van der Waals surface area contributed by atoms with Crippen LogP contribution in [0.3, 0.4) is 0 Å². The molecule has 248 valence electrons. The number of aliphatic hydroxyl groups excluding tert-OH is 1. The molecule has 1 aliphatic heterocycles. The Bertz CT molecular complexity index is 1240. The summed E-state index contributed by atoms with van der Waals surface area (Å²) in [5, 5.41) is 13.1. The van der Waals surface area contributed by atoms with Gasteiger partial charge < -0.3 is 34.6 Å². The molecule has 2 heterocycles. The van der Waals surface area contributed by atoms with Gasteiger partial charge in [0.1, 0.15) is 5.75 Å². The zero-order chi connectivity index (χ0) is 32.9. The fourth-order valence-electron chi connectivity index (χ4n) is 5.31. The third-order valence-electron chi connectivity index (χ3n) is 8.07. The number of hydrogen-bond acceptors (Lipinski definition) is 8. The maximum Gasteiger partial charge on any atom is 0.258 e. The van der Waals surface area contributed by atoms with Crippen LogP contribution in [0, 0.1) is 5.92 Å². The number of hydrogen-bond donors (Lipinski definition) is 2. The number of aromatic nitrogens is 1. The van der Waals surface area contributed by atoms with Crippen LogP contribution < -0.4 is 10.1 Å². The highest BCUT2D eigenvalue weighted by Gasteiger charge is 2.31. The van der Waals surface area contributed by atoms with E-state index in [2.05, 4.69) is 10.3 Å². The zero-order valence-electron chi connectivity index (χ0n) is 27.7. The molecule has 2 N–H and O–H groups in total. The van der Waals surface area contributed by atoms with Crippen molar-refractivity contribution in [2.45, 2.75) is 71.1 Å². The highest BCUT2D eigenvalue weighted by atomic mass is 16.5. The van der Waals surface area contributed by atoms with Crippen LogP contribution in [-0.2, 0) is 9.53 Å². The van der Waals surface area contributed by atoms with Gasteiger partial charge in [0.15, 0.2) is 0 Å². The van der Waals surface area contributed by atoms with Gasteiger partial charge in [-0.2, -0.15) is 0 Å². The van der Waals surface area contributed by atoms with Crippen LogP contribution in [0.5, 0.6) is 5.75 Å². The smallest absolute Gasteiger partial charge is 0.258 e. The number of benzene rings is 1. The molecular formula is C34H51N5O6. The highest BCUT2D eigenvalue weighted by Crippen LogP contribution is 2.28. The van der Waals surface area contributed by atoms with E-state index in [0.29, 0.717) is 42.1 Å². The van der Waals surface area contributed by atoms with E-state index in [1.807, 2.05) is 32.8 Å². The second-order valence-electron chi connectivity index (χ2n) is 12.4. The Kier molecular flexibility index (Phi) is 14.2. The molecule has 11 nitrogen and oxygen atoms in total. The third-order valence-corrected chi connectivity index (χ3v) is 8.07. The van der Waals surface area contributed by atoms with Gasteiger partial charge in [-0.1, -0.05) is 6.92 Å². The second kappa shape index (κ2) is 17.8. The molecule has 1 aliphatic rings. The van der Waals surface area contributed by atoms with Gasteiger partial charge in [-0.3, -0.25) is 19.4 Å². The minimum absolute atomic E-state index is 0.126. The number of likely N-dealkylation sites (N-methyl/N-ethyl adjacent to an activating group) is 1. The van der Waals surface area contributed by atoms with Crippen molar-refractivity contribution in [3.8, 4) is 5.75 Å². The normalized spacial score (nSPS) is 20.5. The lowest BCUT2D eigenvalue weighted by molar-refractivity contribution is -0.116. The first-order valence-electron chi connectivity index (χ1n) is 15.9. The number of aliphatic hydroxyl groups is 1. The Morgan fingerprint density at radius 3 is 2.56 bits per heavy atom. The van der Waals surface area contributed by atoms with Gasteiger partial charge in [0, 0.05) is 62.7 Å². The van der Waals surface area contributed by atoms with E-state index in [1.54, 1.807) is 66.5 Å². The monoisotopic (exact) mass is 625 g/mol. The average molecular weight is 626 g/mol. The first-order chi connectivity index (χ1) is 21.5. The molecule has 0 spiro atoms. The van der Waals surface area contributed by atoms with E-state index in [1.165, 1.54) is 0 Å². The molecule has 0 radical (unpaired) electrons. The first-order valence-corrected chi connectivity index (χ1v) is 15.9. The number of amides is 3. The number of pyridine rings is 1. The molecule has 0 aliphatic carbocycles. The first kappa shape index (κ1) is 35.9. The summed E-state index contributed by atoms with van der Waals surface area (Å²) in [5.74, 6) is -0.319. The number of ether oxygens (including phenoxy) is 2. The zero-order valence-corrected chi connectivity index (χ0v) is 27.7. The van der Waals surface area contributed by atoms with Gasteiger partial charge >= 0.3 is 0 Å². The largest absolute Gasteiger partial charge is 0.490 e. The quantitative estimate of drug-likeness (QED) is 0.407. The molecule has 4 atom stereocenters. The fraction of sp³-hybridized carbons (Fsp3) is 0.588. The molecule has 1 aromatic heterocycles.